The van der Waals surface area contributed by atoms with Crippen LogP contribution in [0.4, 0.5) is 0 Å². The minimum atomic E-state index is -0.110. The Kier molecular flexibility index (Phi) is 4.34. The van der Waals surface area contributed by atoms with Gasteiger partial charge in [-0.15, -0.1) is 0 Å². The average Bonchev–Trinajstić information content (AvgIpc) is 2.46. The van der Waals surface area contributed by atoms with Crippen molar-refractivity contribution in [1.29, 1.82) is 0 Å². The zero-order chi connectivity index (χ0) is 12.8. The lowest BCUT2D eigenvalue weighted by Crippen LogP contribution is -2.40. The summed E-state index contributed by atoms with van der Waals surface area (Å²) in [6.45, 7) is 1.70. The molecule has 1 aliphatic rings. The Bertz CT molecular complexity index is 423. The highest BCUT2D eigenvalue weighted by molar-refractivity contribution is 6.44. The molecular weight excluding hydrogens is 228 g/mol. The van der Waals surface area contributed by atoms with Crippen molar-refractivity contribution < 1.29 is 9.63 Å². The molecule has 0 bridgehead atoms. The number of piperidine rings is 1. The van der Waals surface area contributed by atoms with E-state index in [-0.39, 0.29) is 5.78 Å². The first-order chi connectivity index (χ1) is 8.83. The molecule has 0 unspecified atom stereocenters. The number of amidine groups is 1. The van der Waals surface area contributed by atoms with Crippen molar-refractivity contribution in [2.45, 2.75) is 19.3 Å². The van der Waals surface area contributed by atoms with Gasteiger partial charge in [-0.2, -0.15) is 0 Å². The van der Waals surface area contributed by atoms with Gasteiger partial charge in [-0.05, 0) is 19.3 Å². The summed E-state index contributed by atoms with van der Waals surface area (Å²) < 4.78 is 0. The molecule has 95 valence electrons. The fourth-order valence-corrected chi connectivity index (χ4v) is 2.13. The second kappa shape index (κ2) is 6.19. The number of oxime groups is 1. The maximum Gasteiger partial charge on any atom is 0.231 e. The highest BCUT2D eigenvalue weighted by atomic mass is 16.6. The zero-order valence-corrected chi connectivity index (χ0v) is 10.3. The molecule has 4 nitrogen and oxygen atoms in total. The highest BCUT2D eigenvalue weighted by Crippen LogP contribution is 2.12. The van der Waals surface area contributed by atoms with Gasteiger partial charge in [0.15, 0.2) is 7.11 Å². The molecule has 1 fully saturated rings. The number of benzene rings is 1. The van der Waals surface area contributed by atoms with E-state index in [2.05, 4.69) is 17.1 Å². The summed E-state index contributed by atoms with van der Waals surface area (Å²) in [5, 5.41) is 3.81. The molecule has 0 amide bonds. The van der Waals surface area contributed by atoms with E-state index < -0.39 is 0 Å². The van der Waals surface area contributed by atoms with Crippen LogP contribution in [0.15, 0.2) is 35.5 Å². The van der Waals surface area contributed by atoms with Crippen LogP contribution in [0.2, 0.25) is 0 Å². The summed E-state index contributed by atoms with van der Waals surface area (Å²) in [5.74, 6) is 0.247. The number of hydrogen-bond acceptors (Lipinski definition) is 3. The van der Waals surface area contributed by atoms with Gasteiger partial charge in [0.25, 0.3) is 0 Å². The Hall–Kier alpha value is -1.84. The summed E-state index contributed by atoms with van der Waals surface area (Å²) in [6.07, 6.45) is 3.37. The molecule has 0 saturated carbocycles. The van der Waals surface area contributed by atoms with E-state index in [1.165, 1.54) is 6.42 Å². The molecule has 1 aromatic rings. The molecular formula is C14H17N2O2. The number of likely N-dealkylation sites (tertiary alicyclic amines) is 1. The average molecular weight is 245 g/mol. The van der Waals surface area contributed by atoms with Crippen LogP contribution in [0.3, 0.4) is 0 Å². The molecule has 0 atom stereocenters. The molecule has 1 aromatic carbocycles. The van der Waals surface area contributed by atoms with Gasteiger partial charge in [0, 0.05) is 18.7 Å². The number of hydrogen-bond donors (Lipinski definition) is 0. The topological polar surface area (TPSA) is 41.9 Å². The van der Waals surface area contributed by atoms with Gasteiger partial charge in [0.2, 0.25) is 11.6 Å². The van der Waals surface area contributed by atoms with Gasteiger partial charge < -0.3 is 9.74 Å². The number of nitrogens with zero attached hydrogens (tertiary/aromatic N) is 2. The summed E-state index contributed by atoms with van der Waals surface area (Å²) in [7, 11) is 3.23. The van der Waals surface area contributed by atoms with Crippen LogP contribution in [-0.4, -0.2) is 29.6 Å². The first kappa shape index (κ1) is 12.6. The Morgan fingerprint density at radius 1 is 1.17 bits per heavy atom. The molecule has 18 heavy (non-hydrogen) atoms. The van der Waals surface area contributed by atoms with Crippen LogP contribution in [0.25, 0.3) is 0 Å². The third kappa shape index (κ3) is 2.88. The zero-order valence-electron chi connectivity index (χ0n) is 10.3. The molecule has 1 aliphatic heterocycles. The third-order valence-corrected chi connectivity index (χ3v) is 3.05. The van der Waals surface area contributed by atoms with Crippen LogP contribution in [0, 0.1) is 7.11 Å². The first-order valence-corrected chi connectivity index (χ1v) is 6.17. The molecule has 0 aromatic heterocycles. The molecule has 0 aliphatic carbocycles. The molecule has 0 N–H and O–H groups in total. The minimum Gasteiger partial charge on any atom is -0.390 e. The first-order valence-electron chi connectivity index (χ1n) is 6.17. The third-order valence-electron chi connectivity index (χ3n) is 3.05. The van der Waals surface area contributed by atoms with Gasteiger partial charge in [-0.3, -0.25) is 4.79 Å². The SMILES string of the molecule is [CH2]O/N=C(/C(=O)c1ccccc1)N1CCCCC1. The van der Waals surface area contributed by atoms with Crippen LogP contribution in [-0.2, 0) is 4.84 Å². The quantitative estimate of drug-likeness (QED) is 0.355. The van der Waals surface area contributed by atoms with Crippen LogP contribution in [0.5, 0.6) is 0 Å². The molecule has 1 saturated heterocycles. The normalized spacial score (nSPS) is 16.5. The Labute approximate surface area is 107 Å². The van der Waals surface area contributed by atoms with Crippen molar-refractivity contribution in [2.24, 2.45) is 5.16 Å². The maximum atomic E-state index is 12.4. The largest absolute Gasteiger partial charge is 0.390 e. The summed E-state index contributed by atoms with van der Waals surface area (Å²) in [6, 6.07) is 9.13. The fraction of sp³-hybridized carbons (Fsp3) is 0.357. The van der Waals surface area contributed by atoms with Crippen LogP contribution in [0.1, 0.15) is 29.6 Å². The van der Waals surface area contributed by atoms with Gasteiger partial charge in [0.1, 0.15) is 0 Å². The predicted molar refractivity (Wildman–Crippen MR) is 70.1 cm³/mol. The Balaban J connectivity index is 2.20. The number of rotatable bonds is 3. The number of carbonyl (C=O) groups excluding carboxylic acids is 1. The summed E-state index contributed by atoms with van der Waals surface area (Å²) in [5.41, 5.74) is 0.624. The lowest BCUT2D eigenvalue weighted by atomic mass is 10.1. The summed E-state index contributed by atoms with van der Waals surface area (Å²) >= 11 is 0. The number of Topliss-reactive ketones (excluding diaryl/α,β-unsaturated/α-hetero) is 1. The lowest BCUT2D eigenvalue weighted by molar-refractivity contribution is 0.103. The van der Waals surface area contributed by atoms with Gasteiger partial charge in [-0.1, -0.05) is 35.5 Å². The van der Waals surface area contributed by atoms with E-state index in [9.17, 15) is 4.79 Å². The molecule has 4 heteroatoms. The standard InChI is InChI=1S/C14H17N2O2/c1-18-15-14(16-10-6-3-7-11-16)13(17)12-8-4-2-5-9-12/h2,4-5,8-9H,1,3,6-7,10-11H2/b15-14-. The molecule has 2 rings (SSSR count). The number of carbonyl (C=O) groups is 1. The molecule has 0 spiro atoms. The fourth-order valence-electron chi connectivity index (χ4n) is 2.13. The van der Waals surface area contributed by atoms with Gasteiger partial charge >= 0.3 is 0 Å². The smallest absolute Gasteiger partial charge is 0.231 e. The van der Waals surface area contributed by atoms with E-state index in [0.717, 1.165) is 25.9 Å². The van der Waals surface area contributed by atoms with E-state index in [1.54, 1.807) is 12.1 Å². The van der Waals surface area contributed by atoms with Crippen molar-refractivity contribution in [1.82, 2.24) is 4.90 Å². The van der Waals surface area contributed by atoms with Gasteiger partial charge in [0.05, 0.1) is 0 Å². The molecule has 1 heterocycles. The van der Waals surface area contributed by atoms with Crippen molar-refractivity contribution in [3.8, 4) is 0 Å². The maximum absolute atomic E-state index is 12.4. The van der Waals surface area contributed by atoms with Crippen molar-refractivity contribution in [3.63, 3.8) is 0 Å². The van der Waals surface area contributed by atoms with Crippen LogP contribution < -0.4 is 0 Å². The van der Waals surface area contributed by atoms with Gasteiger partial charge in [-0.25, -0.2) is 0 Å². The Morgan fingerprint density at radius 3 is 2.44 bits per heavy atom. The Morgan fingerprint density at radius 2 is 1.83 bits per heavy atom. The van der Waals surface area contributed by atoms with E-state index in [0.29, 0.717) is 11.4 Å². The van der Waals surface area contributed by atoms with E-state index in [1.807, 2.05) is 23.1 Å². The van der Waals surface area contributed by atoms with E-state index >= 15 is 0 Å². The minimum absolute atomic E-state index is 0.110. The van der Waals surface area contributed by atoms with E-state index in [4.69, 9.17) is 0 Å². The monoisotopic (exact) mass is 245 g/mol. The number of ketones is 1. The predicted octanol–water partition coefficient (Wildman–Crippen LogP) is 2.48. The second-order valence-corrected chi connectivity index (χ2v) is 4.29. The van der Waals surface area contributed by atoms with Crippen molar-refractivity contribution in [3.05, 3.63) is 43.0 Å². The lowest BCUT2D eigenvalue weighted by Gasteiger charge is -2.28. The van der Waals surface area contributed by atoms with Crippen molar-refractivity contribution >= 4 is 11.6 Å². The van der Waals surface area contributed by atoms with Crippen molar-refractivity contribution in [2.75, 3.05) is 13.1 Å². The molecule has 1 radical (unpaired) electrons. The second-order valence-electron chi connectivity index (χ2n) is 4.29. The highest BCUT2D eigenvalue weighted by Gasteiger charge is 2.23. The summed E-state index contributed by atoms with van der Waals surface area (Å²) in [4.78, 5) is 18.9. The van der Waals surface area contributed by atoms with Crippen LogP contribution >= 0.6 is 0 Å².